The maximum Gasteiger partial charge on any atom is 0.257 e. The van der Waals surface area contributed by atoms with Crippen LogP contribution in [0.4, 0.5) is 0 Å². The number of carbonyl (C=O) groups excluding carboxylic acids is 1. The van der Waals surface area contributed by atoms with E-state index in [0.29, 0.717) is 17.3 Å². The van der Waals surface area contributed by atoms with E-state index in [2.05, 4.69) is 5.32 Å². The molecule has 2 rings (SSSR count). The van der Waals surface area contributed by atoms with Crippen LogP contribution in [0.5, 0.6) is 11.5 Å². The topological polar surface area (TPSA) is 47.6 Å². The molecule has 0 aliphatic heterocycles. The van der Waals surface area contributed by atoms with Crippen LogP contribution >= 0.6 is 11.6 Å². The van der Waals surface area contributed by atoms with Crippen LogP contribution in [0, 0.1) is 0 Å². The molecule has 0 fully saturated rings. The van der Waals surface area contributed by atoms with Gasteiger partial charge >= 0.3 is 0 Å². The van der Waals surface area contributed by atoms with E-state index in [9.17, 15) is 4.79 Å². The lowest BCUT2D eigenvalue weighted by molar-refractivity contribution is -0.123. The van der Waals surface area contributed by atoms with Gasteiger partial charge in [0.1, 0.15) is 11.5 Å². The van der Waals surface area contributed by atoms with E-state index in [-0.39, 0.29) is 12.5 Å². The molecule has 2 aromatic rings. The van der Waals surface area contributed by atoms with Crippen molar-refractivity contribution >= 4 is 17.5 Å². The predicted molar refractivity (Wildman–Crippen MR) is 91.3 cm³/mol. The number of nitrogens with one attached hydrogen (secondary N) is 1. The Kier molecular flexibility index (Phi) is 6.76. The Morgan fingerprint density at radius 3 is 2.61 bits per heavy atom. The Morgan fingerprint density at radius 1 is 1.13 bits per heavy atom. The van der Waals surface area contributed by atoms with Crippen LogP contribution in [0.3, 0.4) is 0 Å². The number of amides is 1. The number of ether oxygens (including phenoxy) is 2. The molecular formula is C18H20ClNO3. The second kappa shape index (κ2) is 9.06. The summed E-state index contributed by atoms with van der Waals surface area (Å²) in [6.45, 7) is 0.604. The number of hydrogen-bond acceptors (Lipinski definition) is 3. The normalized spacial score (nSPS) is 10.2. The molecule has 0 atom stereocenters. The van der Waals surface area contributed by atoms with Crippen molar-refractivity contribution in [2.24, 2.45) is 0 Å². The number of hydrogen-bond donors (Lipinski definition) is 1. The molecule has 0 aliphatic rings. The van der Waals surface area contributed by atoms with E-state index in [4.69, 9.17) is 21.1 Å². The van der Waals surface area contributed by atoms with Gasteiger partial charge in [-0.05, 0) is 48.7 Å². The minimum absolute atomic E-state index is 0.0110. The van der Waals surface area contributed by atoms with Crippen molar-refractivity contribution in [3.05, 3.63) is 59.1 Å². The predicted octanol–water partition coefficient (Wildman–Crippen LogP) is 3.48. The molecule has 1 N–H and O–H groups in total. The first-order chi connectivity index (χ1) is 11.2. The monoisotopic (exact) mass is 333 g/mol. The standard InChI is InChI=1S/C18H20ClNO3/c1-22-16-9-7-14(8-10-16)4-3-11-20-18(21)13-23-17-6-2-5-15(19)12-17/h2,5-10,12H,3-4,11,13H2,1H3,(H,20,21). The second-order valence-electron chi connectivity index (χ2n) is 5.05. The molecule has 0 saturated carbocycles. The van der Waals surface area contributed by atoms with Crippen LogP contribution in [-0.4, -0.2) is 26.2 Å². The number of carbonyl (C=O) groups is 1. The average molecular weight is 334 g/mol. The molecule has 1 amide bonds. The number of aryl methyl sites for hydroxylation is 1. The van der Waals surface area contributed by atoms with E-state index < -0.39 is 0 Å². The Hall–Kier alpha value is -2.20. The van der Waals surface area contributed by atoms with Gasteiger partial charge in [-0.15, -0.1) is 0 Å². The van der Waals surface area contributed by atoms with Crippen molar-refractivity contribution in [3.8, 4) is 11.5 Å². The van der Waals surface area contributed by atoms with Crippen LogP contribution in [0.15, 0.2) is 48.5 Å². The smallest absolute Gasteiger partial charge is 0.257 e. The molecule has 0 unspecified atom stereocenters. The minimum atomic E-state index is -0.139. The van der Waals surface area contributed by atoms with Gasteiger partial charge in [-0.1, -0.05) is 29.8 Å². The third-order valence-corrected chi connectivity index (χ3v) is 3.52. The number of benzene rings is 2. The molecule has 0 aliphatic carbocycles. The van der Waals surface area contributed by atoms with E-state index in [1.54, 1.807) is 31.4 Å². The second-order valence-corrected chi connectivity index (χ2v) is 5.48. The van der Waals surface area contributed by atoms with Gasteiger partial charge in [0.05, 0.1) is 7.11 Å². The fourth-order valence-corrected chi connectivity index (χ4v) is 2.25. The molecule has 0 heterocycles. The van der Waals surface area contributed by atoms with E-state index >= 15 is 0 Å². The van der Waals surface area contributed by atoms with Gasteiger partial charge in [0.2, 0.25) is 0 Å². The van der Waals surface area contributed by atoms with Crippen LogP contribution in [0.2, 0.25) is 5.02 Å². The first-order valence-corrected chi connectivity index (χ1v) is 7.83. The van der Waals surface area contributed by atoms with Gasteiger partial charge < -0.3 is 14.8 Å². The van der Waals surface area contributed by atoms with Crippen molar-refractivity contribution in [1.82, 2.24) is 5.32 Å². The summed E-state index contributed by atoms with van der Waals surface area (Å²) in [7, 11) is 1.65. The number of rotatable bonds is 8. The lowest BCUT2D eigenvalue weighted by Crippen LogP contribution is -2.29. The molecule has 4 nitrogen and oxygen atoms in total. The fourth-order valence-electron chi connectivity index (χ4n) is 2.07. The zero-order valence-electron chi connectivity index (χ0n) is 13.0. The molecule has 5 heteroatoms. The maximum atomic E-state index is 11.7. The molecule has 122 valence electrons. The van der Waals surface area contributed by atoms with Crippen LogP contribution in [0.25, 0.3) is 0 Å². The quantitative estimate of drug-likeness (QED) is 0.752. The Bertz CT molecular complexity index is 628. The zero-order chi connectivity index (χ0) is 16.5. The highest BCUT2D eigenvalue weighted by Crippen LogP contribution is 2.16. The highest BCUT2D eigenvalue weighted by atomic mass is 35.5. The molecule has 0 aromatic heterocycles. The summed E-state index contributed by atoms with van der Waals surface area (Å²) in [5.74, 6) is 1.30. The minimum Gasteiger partial charge on any atom is -0.497 e. The number of methoxy groups -OCH3 is 1. The van der Waals surface area contributed by atoms with Crippen molar-refractivity contribution in [1.29, 1.82) is 0 Å². The van der Waals surface area contributed by atoms with Crippen LogP contribution in [0.1, 0.15) is 12.0 Å². The zero-order valence-corrected chi connectivity index (χ0v) is 13.8. The van der Waals surface area contributed by atoms with Gasteiger partial charge in [0, 0.05) is 11.6 Å². The maximum absolute atomic E-state index is 11.7. The molecule has 23 heavy (non-hydrogen) atoms. The van der Waals surface area contributed by atoms with E-state index in [1.165, 1.54) is 5.56 Å². The first kappa shape index (κ1) is 17.2. The molecule has 0 spiro atoms. The Morgan fingerprint density at radius 2 is 1.91 bits per heavy atom. The van der Waals surface area contributed by atoms with E-state index in [0.717, 1.165) is 18.6 Å². The van der Waals surface area contributed by atoms with Crippen molar-refractivity contribution in [3.63, 3.8) is 0 Å². The third kappa shape index (κ3) is 6.20. The molecule has 0 bridgehead atoms. The largest absolute Gasteiger partial charge is 0.497 e. The van der Waals surface area contributed by atoms with Crippen molar-refractivity contribution in [2.45, 2.75) is 12.8 Å². The first-order valence-electron chi connectivity index (χ1n) is 7.45. The van der Waals surface area contributed by atoms with Crippen LogP contribution in [-0.2, 0) is 11.2 Å². The summed E-state index contributed by atoms with van der Waals surface area (Å²) in [5.41, 5.74) is 1.22. The van der Waals surface area contributed by atoms with Gasteiger partial charge in [-0.25, -0.2) is 0 Å². The summed E-state index contributed by atoms with van der Waals surface area (Å²) in [6.07, 6.45) is 1.77. The lowest BCUT2D eigenvalue weighted by Gasteiger charge is -2.08. The van der Waals surface area contributed by atoms with Crippen molar-refractivity contribution in [2.75, 3.05) is 20.3 Å². The average Bonchev–Trinajstić information content (AvgIpc) is 2.57. The fraction of sp³-hybridized carbons (Fsp3) is 0.278. The Balaban J connectivity index is 1.62. The van der Waals surface area contributed by atoms with Crippen molar-refractivity contribution < 1.29 is 14.3 Å². The SMILES string of the molecule is COc1ccc(CCCNC(=O)COc2cccc(Cl)c2)cc1. The van der Waals surface area contributed by atoms with Gasteiger partial charge in [-0.2, -0.15) is 0 Å². The third-order valence-electron chi connectivity index (χ3n) is 3.29. The summed E-state index contributed by atoms with van der Waals surface area (Å²) < 4.78 is 10.5. The molecular weight excluding hydrogens is 314 g/mol. The summed E-state index contributed by atoms with van der Waals surface area (Å²) in [5, 5.41) is 3.42. The van der Waals surface area contributed by atoms with E-state index in [1.807, 2.05) is 24.3 Å². The Labute approximate surface area is 141 Å². The molecule has 0 saturated heterocycles. The van der Waals surface area contributed by atoms with Gasteiger partial charge in [0.15, 0.2) is 6.61 Å². The van der Waals surface area contributed by atoms with Gasteiger partial charge in [-0.3, -0.25) is 4.79 Å². The molecule has 2 aromatic carbocycles. The summed E-state index contributed by atoms with van der Waals surface area (Å²) in [4.78, 5) is 11.7. The highest BCUT2D eigenvalue weighted by molar-refractivity contribution is 6.30. The van der Waals surface area contributed by atoms with Crippen LogP contribution < -0.4 is 14.8 Å². The summed E-state index contributed by atoms with van der Waals surface area (Å²) >= 11 is 5.85. The highest BCUT2D eigenvalue weighted by Gasteiger charge is 2.03. The number of halogens is 1. The molecule has 0 radical (unpaired) electrons. The lowest BCUT2D eigenvalue weighted by atomic mass is 10.1. The summed E-state index contributed by atoms with van der Waals surface area (Å²) in [6, 6.07) is 14.9. The van der Waals surface area contributed by atoms with Gasteiger partial charge in [0.25, 0.3) is 5.91 Å².